The summed E-state index contributed by atoms with van der Waals surface area (Å²) in [4.78, 5) is 23.9. The van der Waals surface area contributed by atoms with Crippen LogP contribution in [0.5, 0.6) is 0 Å². The first-order valence-electron chi connectivity index (χ1n) is 4.85. The molecule has 4 heteroatoms. The van der Waals surface area contributed by atoms with E-state index in [1.54, 1.807) is 4.90 Å². The summed E-state index contributed by atoms with van der Waals surface area (Å²) in [5, 5.41) is 8.70. The van der Waals surface area contributed by atoms with Crippen molar-refractivity contribution in [3.05, 3.63) is 0 Å². The summed E-state index contributed by atoms with van der Waals surface area (Å²) in [7, 11) is 0. The molecule has 80 valence electrons. The maximum atomic E-state index is 11.6. The van der Waals surface area contributed by atoms with Crippen LogP contribution in [0.3, 0.4) is 0 Å². The molecule has 1 N–H and O–H groups in total. The molecule has 1 amide bonds. The second-order valence-electron chi connectivity index (χ2n) is 4.73. The highest BCUT2D eigenvalue weighted by atomic mass is 16.4. The highest BCUT2D eigenvalue weighted by Crippen LogP contribution is 2.29. The molecule has 1 rings (SSSR count). The fourth-order valence-corrected chi connectivity index (χ4v) is 1.68. The molecule has 1 atom stereocenters. The summed E-state index contributed by atoms with van der Waals surface area (Å²) >= 11 is 0. The van der Waals surface area contributed by atoms with Crippen LogP contribution in [0.4, 0.5) is 0 Å². The molecule has 1 unspecified atom stereocenters. The molecule has 0 bridgehead atoms. The SMILES string of the molecule is CC(C(=O)O)C(=O)N1CCC(C)(C)C1. The third kappa shape index (κ3) is 2.25. The van der Waals surface area contributed by atoms with Gasteiger partial charge in [-0.25, -0.2) is 0 Å². The highest BCUT2D eigenvalue weighted by molar-refractivity contribution is 5.96. The minimum Gasteiger partial charge on any atom is -0.481 e. The number of carboxylic acids is 1. The summed E-state index contributed by atoms with van der Waals surface area (Å²) < 4.78 is 0. The second-order valence-corrected chi connectivity index (χ2v) is 4.73. The molecular formula is C10H17NO3. The minimum atomic E-state index is -1.04. The van der Waals surface area contributed by atoms with Crippen molar-refractivity contribution in [1.82, 2.24) is 4.90 Å². The van der Waals surface area contributed by atoms with Crippen molar-refractivity contribution in [2.75, 3.05) is 13.1 Å². The van der Waals surface area contributed by atoms with Crippen LogP contribution < -0.4 is 0 Å². The van der Waals surface area contributed by atoms with Crippen LogP contribution in [-0.2, 0) is 9.59 Å². The summed E-state index contributed by atoms with van der Waals surface area (Å²) in [6, 6.07) is 0. The first-order valence-corrected chi connectivity index (χ1v) is 4.85. The number of hydrogen-bond donors (Lipinski definition) is 1. The lowest BCUT2D eigenvalue weighted by Crippen LogP contribution is -2.37. The standard InChI is InChI=1S/C10H17NO3/c1-7(9(13)14)8(12)11-5-4-10(2,3)6-11/h7H,4-6H2,1-3H3,(H,13,14). The van der Waals surface area contributed by atoms with E-state index in [9.17, 15) is 9.59 Å². The van der Waals surface area contributed by atoms with Crippen LogP contribution in [0.25, 0.3) is 0 Å². The summed E-state index contributed by atoms with van der Waals surface area (Å²) in [6.07, 6.45) is 0.949. The van der Waals surface area contributed by atoms with E-state index in [0.717, 1.165) is 6.42 Å². The Balaban J connectivity index is 2.60. The lowest BCUT2D eigenvalue weighted by Gasteiger charge is -2.21. The molecule has 0 spiro atoms. The molecule has 0 aromatic carbocycles. The average molecular weight is 199 g/mol. The van der Waals surface area contributed by atoms with Gasteiger partial charge in [-0.1, -0.05) is 13.8 Å². The van der Waals surface area contributed by atoms with E-state index in [4.69, 9.17) is 5.11 Å². The van der Waals surface area contributed by atoms with Crippen LogP contribution in [0.2, 0.25) is 0 Å². The van der Waals surface area contributed by atoms with E-state index < -0.39 is 11.9 Å². The molecule has 1 fully saturated rings. The van der Waals surface area contributed by atoms with Crippen molar-refractivity contribution < 1.29 is 14.7 Å². The van der Waals surface area contributed by atoms with E-state index in [0.29, 0.717) is 13.1 Å². The Kier molecular flexibility index (Phi) is 2.83. The van der Waals surface area contributed by atoms with Crippen LogP contribution in [0.15, 0.2) is 0 Å². The quantitative estimate of drug-likeness (QED) is 0.674. The topological polar surface area (TPSA) is 57.6 Å². The first kappa shape index (κ1) is 11.0. The smallest absolute Gasteiger partial charge is 0.315 e. The zero-order valence-corrected chi connectivity index (χ0v) is 8.91. The van der Waals surface area contributed by atoms with E-state index in [1.165, 1.54) is 6.92 Å². The zero-order chi connectivity index (χ0) is 10.9. The Hall–Kier alpha value is -1.06. The molecule has 4 nitrogen and oxygen atoms in total. The largest absolute Gasteiger partial charge is 0.481 e. The Morgan fingerprint density at radius 1 is 1.43 bits per heavy atom. The number of nitrogens with zero attached hydrogens (tertiary/aromatic N) is 1. The number of carbonyl (C=O) groups is 2. The van der Waals surface area contributed by atoms with Gasteiger partial charge in [-0.3, -0.25) is 9.59 Å². The molecule has 14 heavy (non-hydrogen) atoms. The monoisotopic (exact) mass is 199 g/mol. The number of rotatable bonds is 2. The van der Waals surface area contributed by atoms with Gasteiger partial charge in [-0.2, -0.15) is 0 Å². The van der Waals surface area contributed by atoms with Gasteiger partial charge in [0.15, 0.2) is 0 Å². The number of aliphatic carboxylic acids is 1. The molecule has 1 heterocycles. The molecular weight excluding hydrogens is 182 g/mol. The Labute approximate surface area is 83.9 Å². The van der Waals surface area contributed by atoms with Crippen molar-refractivity contribution >= 4 is 11.9 Å². The molecule has 1 saturated heterocycles. The van der Waals surface area contributed by atoms with Gasteiger partial charge in [0, 0.05) is 13.1 Å². The highest BCUT2D eigenvalue weighted by Gasteiger charge is 2.35. The minimum absolute atomic E-state index is 0.133. The predicted molar refractivity (Wildman–Crippen MR) is 51.8 cm³/mol. The van der Waals surface area contributed by atoms with Gasteiger partial charge in [-0.15, -0.1) is 0 Å². The molecule has 0 aromatic heterocycles. The Morgan fingerprint density at radius 2 is 2.00 bits per heavy atom. The van der Waals surface area contributed by atoms with Gasteiger partial charge < -0.3 is 10.0 Å². The van der Waals surface area contributed by atoms with Crippen LogP contribution in [0.1, 0.15) is 27.2 Å². The van der Waals surface area contributed by atoms with E-state index in [2.05, 4.69) is 13.8 Å². The number of carboxylic acid groups (broad SMARTS) is 1. The fourth-order valence-electron chi connectivity index (χ4n) is 1.68. The van der Waals surface area contributed by atoms with Gasteiger partial charge >= 0.3 is 5.97 Å². The predicted octanol–water partition coefficient (Wildman–Crippen LogP) is 0.966. The Bertz CT molecular complexity index is 260. The number of amides is 1. The van der Waals surface area contributed by atoms with E-state index in [-0.39, 0.29) is 11.3 Å². The number of hydrogen-bond acceptors (Lipinski definition) is 2. The van der Waals surface area contributed by atoms with Gasteiger partial charge in [0.05, 0.1) is 0 Å². The van der Waals surface area contributed by atoms with E-state index in [1.807, 2.05) is 0 Å². The van der Waals surface area contributed by atoms with Gasteiger partial charge in [0.2, 0.25) is 5.91 Å². The maximum Gasteiger partial charge on any atom is 0.315 e. The summed E-state index contributed by atoms with van der Waals surface area (Å²) in [5.41, 5.74) is 0.133. The first-order chi connectivity index (χ1) is 6.33. The van der Waals surface area contributed by atoms with Crippen LogP contribution >= 0.6 is 0 Å². The fraction of sp³-hybridized carbons (Fsp3) is 0.800. The Morgan fingerprint density at radius 3 is 2.36 bits per heavy atom. The number of carbonyl (C=O) groups excluding carboxylic acids is 1. The van der Waals surface area contributed by atoms with Crippen LogP contribution in [-0.4, -0.2) is 35.0 Å². The van der Waals surface area contributed by atoms with Crippen molar-refractivity contribution in [1.29, 1.82) is 0 Å². The third-order valence-electron chi connectivity index (χ3n) is 2.73. The maximum absolute atomic E-state index is 11.6. The summed E-state index contributed by atoms with van der Waals surface area (Å²) in [6.45, 7) is 6.97. The van der Waals surface area contributed by atoms with Crippen molar-refractivity contribution in [3.63, 3.8) is 0 Å². The number of likely N-dealkylation sites (tertiary alicyclic amines) is 1. The van der Waals surface area contributed by atoms with E-state index >= 15 is 0 Å². The molecule has 1 aliphatic heterocycles. The molecule has 0 aliphatic carbocycles. The van der Waals surface area contributed by atoms with Gasteiger partial charge in [0.1, 0.15) is 5.92 Å². The molecule has 0 aromatic rings. The lowest BCUT2D eigenvalue weighted by molar-refractivity contribution is -0.149. The van der Waals surface area contributed by atoms with Crippen LogP contribution in [0, 0.1) is 11.3 Å². The molecule has 0 saturated carbocycles. The molecule has 0 radical (unpaired) electrons. The molecule has 1 aliphatic rings. The summed E-state index contributed by atoms with van der Waals surface area (Å²) in [5.74, 6) is -2.22. The van der Waals surface area contributed by atoms with Crippen molar-refractivity contribution in [2.45, 2.75) is 27.2 Å². The third-order valence-corrected chi connectivity index (χ3v) is 2.73. The lowest BCUT2D eigenvalue weighted by atomic mass is 9.93. The second kappa shape index (κ2) is 3.59. The zero-order valence-electron chi connectivity index (χ0n) is 8.91. The normalized spacial score (nSPS) is 22.1. The van der Waals surface area contributed by atoms with Gasteiger partial charge in [-0.05, 0) is 18.8 Å². The average Bonchev–Trinajstić information content (AvgIpc) is 2.43. The van der Waals surface area contributed by atoms with Gasteiger partial charge in [0.25, 0.3) is 0 Å². The van der Waals surface area contributed by atoms with Crippen molar-refractivity contribution in [2.24, 2.45) is 11.3 Å². The van der Waals surface area contributed by atoms with Crippen molar-refractivity contribution in [3.8, 4) is 0 Å².